The number of nitrogens with zero attached hydrogens (tertiary/aromatic N) is 2. The van der Waals surface area contributed by atoms with Gasteiger partial charge in [0, 0.05) is 50.5 Å². The smallest absolute Gasteiger partial charge is 0.508 e. The number of nitrogens with one attached hydrogen (secondary N) is 4. The van der Waals surface area contributed by atoms with Crippen molar-refractivity contribution in [2.24, 2.45) is 5.73 Å². The van der Waals surface area contributed by atoms with Crippen LogP contribution in [0.25, 0.3) is 0 Å². The van der Waals surface area contributed by atoms with Crippen LogP contribution in [0.3, 0.4) is 0 Å². The van der Waals surface area contributed by atoms with Gasteiger partial charge in [-0.05, 0) is 77.9 Å². The van der Waals surface area contributed by atoms with E-state index in [9.17, 15) is 38.8 Å². The lowest BCUT2D eigenvalue weighted by Crippen LogP contribution is -2.57. The number of nitrogens with two attached hydrogens (primary N) is 1. The highest BCUT2D eigenvalue weighted by atomic mass is 31.2. The molecular formula is C49H60N7O11P. The van der Waals surface area contributed by atoms with Crippen molar-refractivity contribution in [1.82, 2.24) is 30.8 Å². The van der Waals surface area contributed by atoms with Crippen molar-refractivity contribution in [2.45, 2.75) is 102 Å². The number of aliphatic hydroxyl groups is 1. The summed E-state index contributed by atoms with van der Waals surface area (Å²) in [5.41, 5.74) is 9.50. The maximum Gasteiger partial charge on any atom is 0.524 e. The summed E-state index contributed by atoms with van der Waals surface area (Å²) in [5.74, 6) is -3.61. The molecule has 1 aromatic heterocycles. The third kappa shape index (κ3) is 18.4. The van der Waals surface area contributed by atoms with Crippen molar-refractivity contribution < 1.29 is 53.1 Å². The van der Waals surface area contributed by atoms with Crippen LogP contribution in [-0.2, 0) is 62.6 Å². The summed E-state index contributed by atoms with van der Waals surface area (Å²) in [6, 6.07) is 24.3. The highest BCUT2D eigenvalue weighted by Gasteiger charge is 2.30. The van der Waals surface area contributed by atoms with E-state index in [0.717, 1.165) is 44.9 Å². The monoisotopic (exact) mass is 953 g/mol. The Bertz CT molecular complexity index is 2450. The van der Waals surface area contributed by atoms with Crippen LogP contribution in [-0.4, -0.2) is 83.8 Å². The highest BCUT2D eigenvalue weighted by molar-refractivity contribution is 7.46. The molecule has 5 aromatic rings. The number of benzene rings is 4. The zero-order valence-corrected chi connectivity index (χ0v) is 38.6. The molecule has 0 radical (unpaired) electrons. The summed E-state index contributed by atoms with van der Waals surface area (Å²) in [6.07, 6.45) is 10.5. The fourth-order valence-corrected chi connectivity index (χ4v) is 7.75. The van der Waals surface area contributed by atoms with Gasteiger partial charge in [0.15, 0.2) is 0 Å². The second kappa shape index (κ2) is 26.5. The highest BCUT2D eigenvalue weighted by Crippen LogP contribution is 2.37. The van der Waals surface area contributed by atoms with E-state index in [-0.39, 0.29) is 50.3 Å². The van der Waals surface area contributed by atoms with Gasteiger partial charge in [0.2, 0.25) is 23.6 Å². The number of carbonyl (C=O) groups excluding carboxylic acids is 5. The van der Waals surface area contributed by atoms with E-state index < -0.39 is 55.5 Å². The molecule has 0 fully saturated rings. The maximum absolute atomic E-state index is 14.3. The van der Waals surface area contributed by atoms with E-state index in [1.165, 1.54) is 42.0 Å². The van der Waals surface area contributed by atoms with Crippen molar-refractivity contribution >= 4 is 37.4 Å². The van der Waals surface area contributed by atoms with Crippen molar-refractivity contribution in [3.63, 3.8) is 0 Å². The third-order valence-electron chi connectivity index (χ3n) is 11.0. The standard InChI is InChI=1S/C49H60N7O11P/c50-46(60)42(28-36-17-23-41(24-18-36)67-68(64,65)66)54-48(62)43(29-35-15-21-40(58)22-16-35)55-49(63)44(53-45(59)25-26-51-47(61)38-19-13-37(32-57)14-20-38)30-39-31-56(33-52-39)27-9-4-2-1-3-6-10-34-11-7-5-8-12-34/h5,7-8,11-24,31,33,42-44,57-58H,1-4,6,9-10,25-30,32H2,(H2,50,60)(H,51,61)(H,53,59)(H,54,62)(H,55,63)(H2,64,65,66)/t42-,43-,44-/m0/s1. The fraction of sp³-hybridized carbons (Fsp3) is 0.347. The molecule has 0 aliphatic rings. The number of hydrogen-bond donors (Lipinski definition) is 9. The van der Waals surface area contributed by atoms with E-state index in [4.69, 9.17) is 15.5 Å². The number of aromatic nitrogens is 2. The van der Waals surface area contributed by atoms with E-state index in [1.807, 2.05) is 10.6 Å². The molecule has 18 nitrogen and oxygen atoms in total. The van der Waals surface area contributed by atoms with Crippen LogP contribution in [0.15, 0.2) is 116 Å². The van der Waals surface area contributed by atoms with E-state index in [1.54, 1.807) is 48.9 Å². The van der Waals surface area contributed by atoms with Gasteiger partial charge in [0.05, 0.1) is 18.6 Å². The van der Waals surface area contributed by atoms with Crippen LogP contribution in [0.1, 0.15) is 83.3 Å². The summed E-state index contributed by atoms with van der Waals surface area (Å²) >= 11 is 0. The molecule has 5 rings (SSSR count). The molecule has 19 heteroatoms. The molecule has 5 amide bonds. The SMILES string of the molecule is NC(=O)[C@H](Cc1ccc(OP(=O)(O)O)cc1)NC(=O)[C@H](Cc1ccc(O)cc1)NC(=O)[C@H](Cc1cn(CCCCCCCCc2ccccc2)cn1)NC(=O)CCNC(=O)c1ccc(CO)cc1. The number of aromatic hydroxyl groups is 1. The molecule has 0 aliphatic carbocycles. The van der Waals surface area contributed by atoms with Gasteiger partial charge in [-0.3, -0.25) is 33.8 Å². The topological polar surface area (TPSA) is 285 Å². The Morgan fingerprint density at radius 3 is 1.88 bits per heavy atom. The first kappa shape index (κ1) is 52.1. The van der Waals surface area contributed by atoms with Crippen LogP contribution in [0.5, 0.6) is 11.5 Å². The Labute approximate surface area is 395 Å². The first-order valence-electron chi connectivity index (χ1n) is 22.5. The third-order valence-corrected chi connectivity index (χ3v) is 11.5. The second-order valence-electron chi connectivity index (χ2n) is 16.5. The van der Waals surface area contributed by atoms with Gasteiger partial charge in [-0.25, -0.2) is 9.55 Å². The number of carbonyl (C=O) groups is 5. The summed E-state index contributed by atoms with van der Waals surface area (Å²) in [5, 5.41) is 30.0. The van der Waals surface area contributed by atoms with Gasteiger partial charge < -0.3 is 46.3 Å². The summed E-state index contributed by atoms with van der Waals surface area (Å²) in [4.78, 5) is 89.9. The molecule has 1 heterocycles. The first-order chi connectivity index (χ1) is 32.6. The van der Waals surface area contributed by atoms with Gasteiger partial charge in [-0.1, -0.05) is 92.4 Å². The number of phosphoric acid groups is 1. The van der Waals surface area contributed by atoms with Gasteiger partial charge in [-0.2, -0.15) is 0 Å². The number of unbranched alkanes of at least 4 members (excludes halogenated alkanes) is 5. The number of amides is 5. The number of phenolic OH excluding ortho intramolecular Hbond substituents is 1. The predicted octanol–water partition coefficient (Wildman–Crippen LogP) is 3.92. The number of aryl methyl sites for hydroxylation is 2. The van der Waals surface area contributed by atoms with E-state index >= 15 is 0 Å². The minimum atomic E-state index is -4.82. The molecule has 0 aliphatic heterocycles. The van der Waals surface area contributed by atoms with Gasteiger partial charge in [-0.15, -0.1) is 0 Å². The molecule has 0 bridgehead atoms. The molecular weight excluding hydrogens is 894 g/mol. The lowest BCUT2D eigenvalue weighted by Gasteiger charge is -2.25. The van der Waals surface area contributed by atoms with Crippen LogP contribution in [0.4, 0.5) is 0 Å². The Morgan fingerprint density at radius 2 is 1.25 bits per heavy atom. The Kier molecular flexibility index (Phi) is 20.3. The predicted molar refractivity (Wildman–Crippen MR) is 253 cm³/mol. The Hall–Kier alpha value is -6.85. The average Bonchev–Trinajstić information content (AvgIpc) is 3.77. The number of imidazole rings is 1. The molecule has 68 heavy (non-hydrogen) atoms. The lowest BCUT2D eigenvalue weighted by atomic mass is 10.0. The average molecular weight is 954 g/mol. The van der Waals surface area contributed by atoms with Gasteiger partial charge in [0.25, 0.3) is 5.91 Å². The van der Waals surface area contributed by atoms with Crippen molar-refractivity contribution in [1.29, 1.82) is 0 Å². The Balaban J connectivity index is 1.25. The minimum absolute atomic E-state index is 0.0303. The number of phenols is 1. The molecule has 0 spiro atoms. The Morgan fingerprint density at radius 1 is 0.676 bits per heavy atom. The lowest BCUT2D eigenvalue weighted by molar-refractivity contribution is -0.133. The van der Waals surface area contributed by atoms with Crippen LogP contribution < -0.4 is 31.5 Å². The summed E-state index contributed by atoms with van der Waals surface area (Å²) in [6.45, 7) is 0.453. The zero-order valence-electron chi connectivity index (χ0n) is 37.7. The van der Waals surface area contributed by atoms with Crippen LogP contribution in [0.2, 0.25) is 0 Å². The molecule has 362 valence electrons. The second-order valence-corrected chi connectivity index (χ2v) is 17.6. The fourth-order valence-electron chi connectivity index (χ4n) is 7.35. The number of aliphatic hydroxyl groups excluding tert-OH is 1. The quantitative estimate of drug-likeness (QED) is 0.0255. The largest absolute Gasteiger partial charge is 0.524 e. The van der Waals surface area contributed by atoms with Crippen molar-refractivity contribution in [3.05, 3.63) is 149 Å². The van der Waals surface area contributed by atoms with Gasteiger partial charge >= 0.3 is 7.82 Å². The molecule has 4 aromatic carbocycles. The number of primary amides is 1. The molecule has 10 N–H and O–H groups in total. The molecule has 0 unspecified atom stereocenters. The normalized spacial score (nSPS) is 12.6. The number of rotatable bonds is 28. The van der Waals surface area contributed by atoms with Crippen molar-refractivity contribution in [2.75, 3.05) is 6.54 Å². The van der Waals surface area contributed by atoms with E-state index in [0.29, 0.717) is 34.5 Å². The maximum atomic E-state index is 14.3. The molecule has 0 saturated heterocycles. The molecule has 3 atom stereocenters. The summed E-state index contributed by atoms with van der Waals surface area (Å²) in [7, 11) is -4.82. The van der Waals surface area contributed by atoms with Crippen LogP contribution in [0, 0.1) is 0 Å². The number of phosphoric ester groups is 1. The first-order valence-corrected chi connectivity index (χ1v) is 24.0. The zero-order chi connectivity index (χ0) is 48.9. The van der Waals surface area contributed by atoms with Gasteiger partial charge in [0.1, 0.15) is 29.6 Å². The number of hydrogen-bond acceptors (Lipinski definition) is 10. The van der Waals surface area contributed by atoms with Crippen molar-refractivity contribution in [3.8, 4) is 11.5 Å². The van der Waals surface area contributed by atoms with E-state index in [2.05, 4.69) is 55.0 Å². The minimum Gasteiger partial charge on any atom is -0.508 e. The summed E-state index contributed by atoms with van der Waals surface area (Å²) < 4.78 is 17.8. The molecule has 0 saturated carbocycles. The van der Waals surface area contributed by atoms with Crippen LogP contribution >= 0.6 is 7.82 Å².